The van der Waals surface area contributed by atoms with E-state index in [0.717, 1.165) is 36.6 Å². The molecule has 0 aliphatic heterocycles. The third kappa shape index (κ3) is 3.63. The summed E-state index contributed by atoms with van der Waals surface area (Å²) in [5, 5.41) is 4.08. The molecule has 5 N–H and O–H groups in total. The van der Waals surface area contributed by atoms with Gasteiger partial charge < -0.3 is 21.5 Å². The van der Waals surface area contributed by atoms with Crippen LogP contribution >= 0.6 is 11.3 Å². The van der Waals surface area contributed by atoms with Crippen LogP contribution in [-0.2, 0) is 0 Å². The van der Waals surface area contributed by atoms with E-state index in [1.807, 2.05) is 19.1 Å². The summed E-state index contributed by atoms with van der Waals surface area (Å²) in [5.74, 6) is 0.653. The Bertz CT molecular complexity index is 1010. The van der Waals surface area contributed by atoms with E-state index in [4.69, 9.17) is 16.2 Å². The van der Waals surface area contributed by atoms with E-state index in [2.05, 4.69) is 20.3 Å². The molecule has 0 bridgehead atoms. The lowest BCUT2D eigenvalue weighted by Crippen LogP contribution is -2.31. The molecule has 1 aliphatic carbocycles. The molecular weight excluding hydrogens is 376 g/mol. The quantitative estimate of drug-likeness (QED) is 0.602. The monoisotopic (exact) mass is 398 g/mol. The van der Waals surface area contributed by atoms with Crippen molar-refractivity contribution in [1.82, 2.24) is 15.0 Å². The number of hydrogen-bond acceptors (Lipinski definition) is 8. The number of pyridine rings is 1. The zero-order valence-electron chi connectivity index (χ0n) is 15.5. The molecule has 3 aromatic rings. The summed E-state index contributed by atoms with van der Waals surface area (Å²) in [6.45, 7) is 1.85. The third-order valence-corrected chi connectivity index (χ3v) is 6.19. The van der Waals surface area contributed by atoms with E-state index < -0.39 is 5.91 Å². The van der Waals surface area contributed by atoms with Crippen molar-refractivity contribution in [2.45, 2.75) is 44.8 Å². The highest BCUT2D eigenvalue weighted by Crippen LogP contribution is 2.36. The number of nitrogens with zero attached hydrogens (tertiary/aromatic N) is 3. The van der Waals surface area contributed by atoms with Crippen LogP contribution in [0.1, 0.15) is 40.9 Å². The number of carbonyl (C=O) groups is 1. The average molecular weight is 398 g/mol. The highest BCUT2D eigenvalue weighted by molar-refractivity contribution is 7.20. The zero-order valence-corrected chi connectivity index (χ0v) is 16.3. The standard InChI is InChI=1S/C19H22N6O2S/c1-10-14-17(23-9-24-19(14)28-15(10)16(21)26)25-13-3-2-8-22-18(13)27-12-6-4-11(20)5-7-12/h2-3,8-9,11-12H,4-7,20H2,1H3,(H2,21,26)(H,23,24,25)/t11-,12-. The number of carbonyl (C=O) groups excluding carboxylic acids is 1. The summed E-state index contributed by atoms with van der Waals surface area (Å²) in [4.78, 5) is 25.9. The predicted octanol–water partition coefficient (Wildman–Crippen LogP) is 2.89. The number of nitrogens with one attached hydrogen (secondary N) is 1. The van der Waals surface area contributed by atoms with E-state index in [0.29, 0.717) is 27.1 Å². The van der Waals surface area contributed by atoms with Gasteiger partial charge in [-0.2, -0.15) is 0 Å². The minimum absolute atomic E-state index is 0.102. The van der Waals surface area contributed by atoms with Gasteiger partial charge in [-0.05, 0) is 50.3 Å². The maximum Gasteiger partial charge on any atom is 0.259 e. The van der Waals surface area contributed by atoms with E-state index in [1.165, 1.54) is 17.7 Å². The fraction of sp³-hybridized carbons (Fsp3) is 0.368. The summed E-state index contributed by atoms with van der Waals surface area (Å²) in [5.41, 5.74) is 12.9. The Labute approximate surface area is 166 Å². The Morgan fingerprint density at radius 1 is 1.25 bits per heavy atom. The van der Waals surface area contributed by atoms with Crippen molar-refractivity contribution in [1.29, 1.82) is 0 Å². The zero-order chi connectivity index (χ0) is 19.7. The molecule has 28 heavy (non-hydrogen) atoms. The number of aryl methyl sites for hydroxylation is 1. The summed E-state index contributed by atoms with van der Waals surface area (Å²) < 4.78 is 6.15. The molecule has 0 spiro atoms. The normalized spacial score (nSPS) is 19.5. The van der Waals surface area contributed by atoms with Gasteiger partial charge in [-0.3, -0.25) is 4.79 Å². The van der Waals surface area contributed by atoms with Crippen LogP contribution in [0.5, 0.6) is 5.88 Å². The smallest absolute Gasteiger partial charge is 0.259 e. The van der Waals surface area contributed by atoms with Crippen LogP contribution in [0.4, 0.5) is 11.5 Å². The molecule has 3 heterocycles. The molecule has 0 saturated heterocycles. The number of nitrogens with two attached hydrogens (primary N) is 2. The molecule has 1 aliphatic rings. The van der Waals surface area contributed by atoms with Crippen molar-refractivity contribution >= 4 is 39.0 Å². The van der Waals surface area contributed by atoms with Gasteiger partial charge in [0.25, 0.3) is 5.91 Å². The van der Waals surface area contributed by atoms with E-state index in [1.54, 1.807) is 6.20 Å². The third-order valence-electron chi connectivity index (χ3n) is 4.97. The molecule has 0 aromatic carbocycles. The molecule has 4 rings (SSSR count). The van der Waals surface area contributed by atoms with Crippen molar-refractivity contribution in [2.75, 3.05) is 5.32 Å². The fourth-order valence-electron chi connectivity index (χ4n) is 3.47. The van der Waals surface area contributed by atoms with Crippen LogP contribution in [0.2, 0.25) is 0 Å². The van der Waals surface area contributed by atoms with Crippen LogP contribution in [0, 0.1) is 6.92 Å². The van der Waals surface area contributed by atoms with E-state index in [9.17, 15) is 4.79 Å². The maximum absolute atomic E-state index is 11.7. The minimum Gasteiger partial charge on any atom is -0.473 e. The fourth-order valence-corrected chi connectivity index (χ4v) is 4.47. The van der Waals surface area contributed by atoms with Crippen LogP contribution < -0.4 is 21.5 Å². The number of hydrogen-bond donors (Lipinski definition) is 3. The van der Waals surface area contributed by atoms with E-state index in [-0.39, 0.29) is 12.1 Å². The van der Waals surface area contributed by atoms with Crippen molar-refractivity contribution in [3.63, 3.8) is 0 Å². The summed E-state index contributed by atoms with van der Waals surface area (Å²) >= 11 is 1.27. The first-order valence-corrected chi connectivity index (χ1v) is 10.0. The van der Waals surface area contributed by atoms with Crippen LogP contribution in [0.3, 0.4) is 0 Å². The Kier molecular flexibility index (Phi) is 5.10. The predicted molar refractivity (Wildman–Crippen MR) is 109 cm³/mol. The van der Waals surface area contributed by atoms with Crippen molar-refractivity contribution in [3.8, 4) is 5.88 Å². The molecule has 0 unspecified atom stereocenters. The molecule has 146 valence electrons. The SMILES string of the molecule is Cc1c(C(N)=O)sc2ncnc(Nc3cccnc3O[C@H]3CC[C@H](N)CC3)c12. The molecular formula is C19H22N6O2S. The molecule has 3 aromatic heterocycles. The van der Waals surface area contributed by atoms with Crippen LogP contribution in [-0.4, -0.2) is 33.0 Å². The van der Waals surface area contributed by atoms with Gasteiger partial charge in [0.05, 0.1) is 10.3 Å². The first-order valence-electron chi connectivity index (χ1n) is 9.21. The number of primary amides is 1. The average Bonchev–Trinajstić information content (AvgIpc) is 3.03. The molecule has 1 amide bonds. The minimum atomic E-state index is -0.465. The van der Waals surface area contributed by atoms with Crippen molar-refractivity contribution in [3.05, 3.63) is 35.1 Å². The summed E-state index contributed by atoms with van der Waals surface area (Å²) in [7, 11) is 0. The van der Waals surface area contributed by atoms with E-state index >= 15 is 0 Å². The van der Waals surface area contributed by atoms with Gasteiger partial charge in [0.1, 0.15) is 28.8 Å². The number of anilines is 2. The first kappa shape index (κ1) is 18.6. The van der Waals surface area contributed by atoms with Gasteiger partial charge in [-0.15, -0.1) is 11.3 Å². The number of rotatable bonds is 5. The van der Waals surface area contributed by atoms with Crippen molar-refractivity contribution in [2.24, 2.45) is 11.5 Å². The topological polar surface area (TPSA) is 129 Å². The highest BCUT2D eigenvalue weighted by atomic mass is 32.1. The summed E-state index contributed by atoms with van der Waals surface area (Å²) in [6, 6.07) is 3.98. The highest BCUT2D eigenvalue weighted by Gasteiger charge is 2.22. The number of ether oxygens (including phenoxy) is 1. The van der Waals surface area contributed by atoms with Gasteiger partial charge in [-0.1, -0.05) is 0 Å². The maximum atomic E-state index is 11.7. The second-order valence-corrected chi connectivity index (χ2v) is 7.96. The lowest BCUT2D eigenvalue weighted by Gasteiger charge is -2.27. The first-order chi connectivity index (χ1) is 13.5. The largest absolute Gasteiger partial charge is 0.473 e. The Morgan fingerprint density at radius 3 is 2.79 bits per heavy atom. The molecule has 1 saturated carbocycles. The number of thiophene rings is 1. The second kappa shape index (κ2) is 7.69. The van der Waals surface area contributed by atoms with Crippen LogP contribution in [0.25, 0.3) is 10.2 Å². The van der Waals surface area contributed by atoms with Crippen LogP contribution in [0.15, 0.2) is 24.7 Å². The number of aromatic nitrogens is 3. The Hall–Kier alpha value is -2.78. The Morgan fingerprint density at radius 2 is 2.04 bits per heavy atom. The van der Waals surface area contributed by atoms with Crippen molar-refractivity contribution < 1.29 is 9.53 Å². The molecule has 0 atom stereocenters. The van der Waals surface area contributed by atoms with Gasteiger partial charge in [0, 0.05) is 12.2 Å². The summed E-state index contributed by atoms with van der Waals surface area (Å²) in [6.07, 6.45) is 7.01. The number of amides is 1. The van der Waals surface area contributed by atoms with Gasteiger partial charge in [0.15, 0.2) is 0 Å². The number of fused-ring (bicyclic) bond motifs is 1. The molecule has 8 nitrogen and oxygen atoms in total. The van der Waals surface area contributed by atoms with Gasteiger partial charge in [0.2, 0.25) is 5.88 Å². The lowest BCUT2D eigenvalue weighted by molar-refractivity contribution is 0.100. The molecule has 1 fully saturated rings. The lowest BCUT2D eigenvalue weighted by atomic mass is 9.94. The molecule has 9 heteroatoms. The Balaban J connectivity index is 1.64. The van der Waals surface area contributed by atoms with Gasteiger partial charge >= 0.3 is 0 Å². The van der Waals surface area contributed by atoms with Gasteiger partial charge in [-0.25, -0.2) is 15.0 Å². The second-order valence-electron chi connectivity index (χ2n) is 6.96. The molecule has 0 radical (unpaired) electrons.